The molecule has 1 N–H and O–H groups in total. The molecular formula is C21H21F3N4O5S. The van der Waals surface area contributed by atoms with Gasteiger partial charge in [-0.2, -0.15) is 17.5 Å². The van der Waals surface area contributed by atoms with E-state index < -0.39 is 38.3 Å². The first kappa shape index (κ1) is 25.2. The van der Waals surface area contributed by atoms with Gasteiger partial charge < -0.3 is 10.2 Å². The van der Waals surface area contributed by atoms with Gasteiger partial charge in [-0.25, -0.2) is 8.42 Å². The van der Waals surface area contributed by atoms with Crippen LogP contribution in [0.4, 0.5) is 24.5 Å². The Kier molecular flexibility index (Phi) is 7.26. The van der Waals surface area contributed by atoms with E-state index in [-0.39, 0.29) is 48.9 Å². The Balaban J connectivity index is 1.78. The number of carbonyl (C=O) groups excluding carboxylic acids is 1. The van der Waals surface area contributed by atoms with Crippen LogP contribution in [-0.4, -0.2) is 56.3 Å². The van der Waals surface area contributed by atoms with Gasteiger partial charge in [0.1, 0.15) is 5.69 Å². The molecule has 0 bridgehead atoms. The fraction of sp³-hybridized carbons (Fsp3) is 0.286. The highest BCUT2D eigenvalue weighted by atomic mass is 32.2. The van der Waals surface area contributed by atoms with Gasteiger partial charge >= 0.3 is 6.18 Å². The maximum atomic E-state index is 13.1. The highest BCUT2D eigenvalue weighted by Gasteiger charge is 2.35. The van der Waals surface area contributed by atoms with Crippen LogP contribution in [0, 0.1) is 10.1 Å². The Labute approximate surface area is 193 Å². The van der Waals surface area contributed by atoms with Crippen LogP contribution in [0.1, 0.15) is 15.9 Å². The highest BCUT2D eigenvalue weighted by Crippen LogP contribution is 2.37. The fourth-order valence-corrected chi connectivity index (χ4v) is 4.97. The lowest BCUT2D eigenvalue weighted by molar-refractivity contribution is -0.384. The van der Waals surface area contributed by atoms with E-state index in [0.29, 0.717) is 6.07 Å². The molecule has 1 fully saturated rings. The van der Waals surface area contributed by atoms with Crippen LogP contribution in [0.25, 0.3) is 0 Å². The van der Waals surface area contributed by atoms with Crippen LogP contribution in [0.15, 0.2) is 60.0 Å². The standard InChI is InChI=1S/C21H21F3N4O5S/c1-2-8-25-20(29)15-4-3-5-17(13-15)34(32,33)27-11-9-26(10-12-27)18-7-6-16(21(22,23)24)14-19(18)28(30)31/h2-7,13-14H,1,8-12H2,(H,25,29). The number of anilines is 1. The molecule has 1 saturated heterocycles. The van der Waals surface area contributed by atoms with Crippen molar-refractivity contribution in [2.24, 2.45) is 0 Å². The summed E-state index contributed by atoms with van der Waals surface area (Å²) in [5.74, 6) is -0.462. The van der Waals surface area contributed by atoms with Crippen molar-refractivity contribution in [1.29, 1.82) is 0 Å². The van der Waals surface area contributed by atoms with E-state index in [1.807, 2.05) is 0 Å². The molecule has 0 unspecified atom stereocenters. The third-order valence-electron chi connectivity index (χ3n) is 5.22. The molecule has 0 radical (unpaired) electrons. The number of amides is 1. The van der Waals surface area contributed by atoms with E-state index in [4.69, 9.17) is 0 Å². The van der Waals surface area contributed by atoms with Crippen molar-refractivity contribution in [3.8, 4) is 0 Å². The van der Waals surface area contributed by atoms with Crippen molar-refractivity contribution in [2.45, 2.75) is 11.1 Å². The molecule has 0 atom stereocenters. The van der Waals surface area contributed by atoms with Crippen LogP contribution < -0.4 is 10.2 Å². The van der Waals surface area contributed by atoms with E-state index in [0.717, 1.165) is 12.1 Å². The maximum absolute atomic E-state index is 13.1. The van der Waals surface area contributed by atoms with Crippen molar-refractivity contribution in [1.82, 2.24) is 9.62 Å². The summed E-state index contributed by atoms with van der Waals surface area (Å²) in [6, 6.07) is 7.77. The molecular weight excluding hydrogens is 477 g/mol. The van der Waals surface area contributed by atoms with Gasteiger partial charge in [0.25, 0.3) is 11.6 Å². The van der Waals surface area contributed by atoms with Gasteiger partial charge in [-0.3, -0.25) is 14.9 Å². The third kappa shape index (κ3) is 5.37. The van der Waals surface area contributed by atoms with Gasteiger partial charge in [-0.15, -0.1) is 6.58 Å². The van der Waals surface area contributed by atoms with E-state index in [9.17, 15) is 36.5 Å². The number of benzene rings is 2. The number of nitro groups is 1. The van der Waals surface area contributed by atoms with E-state index in [2.05, 4.69) is 11.9 Å². The molecule has 0 aliphatic carbocycles. The van der Waals surface area contributed by atoms with Crippen LogP contribution in [0.5, 0.6) is 0 Å². The molecule has 2 aromatic rings. The number of hydrogen-bond donors (Lipinski definition) is 1. The van der Waals surface area contributed by atoms with Gasteiger partial charge in [0, 0.05) is 44.4 Å². The molecule has 0 spiro atoms. The number of rotatable bonds is 7. The largest absolute Gasteiger partial charge is 0.416 e. The van der Waals surface area contributed by atoms with Crippen LogP contribution in [-0.2, 0) is 16.2 Å². The summed E-state index contributed by atoms with van der Waals surface area (Å²) in [4.78, 5) is 24.0. The molecule has 0 saturated carbocycles. The average molecular weight is 498 g/mol. The summed E-state index contributed by atoms with van der Waals surface area (Å²) in [5.41, 5.74) is -1.71. The average Bonchev–Trinajstić information content (AvgIpc) is 2.81. The van der Waals surface area contributed by atoms with Crippen molar-refractivity contribution in [2.75, 3.05) is 37.6 Å². The number of nitro benzene ring substituents is 1. The van der Waals surface area contributed by atoms with Crippen molar-refractivity contribution < 1.29 is 31.3 Å². The minimum Gasteiger partial charge on any atom is -0.363 e. The Morgan fingerprint density at radius 1 is 1.15 bits per heavy atom. The minimum absolute atomic E-state index is 0.0177. The number of halogens is 3. The molecule has 182 valence electrons. The second kappa shape index (κ2) is 9.81. The summed E-state index contributed by atoms with van der Waals surface area (Å²) in [5, 5.41) is 13.9. The summed E-state index contributed by atoms with van der Waals surface area (Å²) in [6.45, 7) is 3.68. The van der Waals surface area contributed by atoms with Gasteiger partial charge in [0.15, 0.2) is 0 Å². The van der Waals surface area contributed by atoms with Crippen LogP contribution in [0.3, 0.4) is 0 Å². The van der Waals surface area contributed by atoms with Crippen molar-refractivity contribution in [3.63, 3.8) is 0 Å². The van der Waals surface area contributed by atoms with Gasteiger partial charge in [-0.05, 0) is 30.3 Å². The second-order valence-electron chi connectivity index (χ2n) is 7.38. The first-order valence-electron chi connectivity index (χ1n) is 10.0. The molecule has 13 heteroatoms. The third-order valence-corrected chi connectivity index (χ3v) is 7.11. The number of piperazine rings is 1. The first-order valence-corrected chi connectivity index (χ1v) is 11.5. The molecule has 0 aromatic heterocycles. The fourth-order valence-electron chi connectivity index (χ4n) is 3.50. The number of nitrogens with one attached hydrogen (secondary N) is 1. The van der Waals surface area contributed by atoms with Crippen LogP contribution in [0.2, 0.25) is 0 Å². The van der Waals surface area contributed by atoms with Gasteiger partial charge in [-0.1, -0.05) is 12.1 Å². The number of nitrogens with zero attached hydrogens (tertiary/aromatic N) is 3. The monoisotopic (exact) mass is 498 g/mol. The van der Waals surface area contributed by atoms with Gasteiger partial charge in [0.05, 0.1) is 15.4 Å². The molecule has 1 aliphatic rings. The molecule has 34 heavy (non-hydrogen) atoms. The second-order valence-corrected chi connectivity index (χ2v) is 9.31. The Morgan fingerprint density at radius 2 is 1.82 bits per heavy atom. The number of sulfonamides is 1. The zero-order valence-electron chi connectivity index (χ0n) is 17.8. The Hall–Kier alpha value is -3.45. The first-order chi connectivity index (χ1) is 15.9. The van der Waals surface area contributed by atoms with Crippen molar-refractivity contribution in [3.05, 3.63) is 76.4 Å². The highest BCUT2D eigenvalue weighted by molar-refractivity contribution is 7.89. The van der Waals surface area contributed by atoms with E-state index in [1.165, 1.54) is 39.5 Å². The lowest BCUT2D eigenvalue weighted by atomic mass is 10.1. The lowest BCUT2D eigenvalue weighted by Crippen LogP contribution is -2.48. The topological polar surface area (TPSA) is 113 Å². The predicted octanol–water partition coefficient (Wildman–Crippen LogP) is 3.04. The summed E-state index contributed by atoms with van der Waals surface area (Å²) >= 11 is 0. The minimum atomic E-state index is -4.73. The molecule has 1 aliphatic heterocycles. The maximum Gasteiger partial charge on any atom is 0.416 e. The summed E-state index contributed by atoms with van der Waals surface area (Å²) in [6.07, 6.45) is -3.24. The molecule has 1 heterocycles. The lowest BCUT2D eigenvalue weighted by Gasteiger charge is -2.35. The van der Waals surface area contributed by atoms with E-state index in [1.54, 1.807) is 0 Å². The zero-order valence-corrected chi connectivity index (χ0v) is 18.6. The Morgan fingerprint density at radius 3 is 2.41 bits per heavy atom. The predicted molar refractivity (Wildman–Crippen MR) is 118 cm³/mol. The smallest absolute Gasteiger partial charge is 0.363 e. The van der Waals surface area contributed by atoms with Gasteiger partial charge in [0.2, 0.25) is 10.0 Å². The molecule has 3 rings (SSSR count). The normalized spacial score (nSPS) is 15.1. The zero-order chi connectivity index (χ0) is 25.1. The van der Waals surface area contributed by atoms with E-state index >= 15 is 0 Å². The number of carbonyl (C=O) groups is 1. The summed E-state index contributed by atoms with van der Waals surface area (Å²) < 4.78 is 66.2. The number of alkyl halides is 3. The molecule has 2 aromatic carbocycles. The molecule has 1 amide bonds. The SMILES string of the molecule is C=CCNC(=O)c1cccc(S(=O)(=O)N2CCN(c3ccc(C(F)(F)F)cc3[N+](=O)[O-])CC2)c1. The summed E-state index contributed by atoms with van der Waals surface area (Å²) in [7, 11) is -3.97. The molecule has 9 nitrogen and oxygen atoms in total. The number of hydrogen-bond acceptors (Lipinski definition) is 6. The quantitative estimate of drug-likeness (QED) is 0.357. The van der Waals surface area contributed by atoms with Crippen LogP contribution >= 0.6 is 0 Å². The Bertz CT molecular complexity index is 1210. The van der Waals surface area contributed by atoms with Crippen molar-refractivity contribution >= 4 is 27.3 Å².